The minimum absolute atomic E-state index is 0.0518. The number of ketones is 2. The van der Waals surface area contributed by atoms with E-state index in [2.05, 4.69) is 39.1 Å². The largest absolute Gasteiger partial charge is 0.501 e. The van der Waals surface area contributed by atoms with E-state index in [0.717, 1.165) is 54.0 Å². The van der Waals surface area contributed by atoms with Gasteiger partial charge in [-0.25, -0.2) is 0 Å². The lowest BCUT2D eigenvalue weighted by atomic mass is 9.63. The number of Topliss-reactive ketones (excluding diaryl/α,β-unsaturated/α-hetero) is 2. The molecule has 0 radical (unpaired) electrons. The molecule has 1 heterocycles. The summed E-state index contributed by atoms with van der Waals surface area (Å²) < 4.78 is 5.38. The summed E-state index contributed by atoms with van der Waals surface area (Å²) in [5, 5.41) is 3.57. The maximum atomic E-state index is 13.2. The van der Waals surface area contributed by atoms with Crippen molar-refractivity contribution in [3.8, 4) is 0 Å². The lowest BCUT2D eigenvalue weighted by Crippen LogP contribution is -2.43. The van der Waals surface area contributed by atoms with Crippen LogP contribution in [0.25, 0.3) is 0 Å². The van der Waals surface area contributed by atoms with Crippen LogP contribution in [0.1, 0.15) is 66.2 Å². The fraction of sp³-hybridized carbons (Fsp3) is 0.583. The van der Waals surface area contributed by atoms with E-state index < -0.39 is 0 Å². The van der Waals surface area contributed by atoms with Crippen LogP contribution in [0.4, 0.5) is 0 Å². The van der Waals surface area contributed by atoms with Crippen molar-refractivity contribution >= 4 is 11.6 Å². The van der Waals surface area contributed by atoms with Gasteiger partial charge in [0.25, 0.3) is 0 Å². The molecule has 1 N–H and O–H groups in total. The Labute approximate surface area is 167 Å². The quantitative estimate of drug-likeness (QED) is 0.750. The molecule has 28 heavy (non-hydrogen) atoms. The van der Waals surface area contributed by atoms with Crippen molar-refractivity contribution in [3.63, 3.8) is 0 Å². The average molecular weight is 382 g/mol. The van der Waals surface area contributed by atoms with Crippen LogP contribution in [0.5, 0.6) is 0 Å². The van der Waals surface area contributed by atoms with Gasteiger partial charge < -0.3 is 10.1 Å². The molecular weight excluding hydrogens is 350 g/mol. The molecule has 3 aliphatic carbocycles. The molecule has 0 spiro atoms. The van der Waals surface area contributed by atoms with Crippen LogP contribution in [0.15, 0.2) is 46.0 Å². The molecule has 0 aromatic rings. The molecule has 0 amide bonds. The Hall–Kier alpha value is -2.10. The Kier molecular flexibility index (Phi) is 4.44. The first kappa shape index (κ1) is 19.2. The maximum Gasteiger partial charge on any atom is 0.162 e. The highest BCUT2D eigenvalue weighted by Crippen LogP contribution is 2.50. The number of carbonyl (C=O) groups excluding carboxylic acids is 2. The number of hydrogen-bond donors (Lipinski definition) is 1. The van der Waals surface area contributed by atoms with E-state index in [1.165, 1.54) is 5.57 Å². The lowest BCUT2D eigenvalue weighted by molar-refractivity contribution is -0.119. The highest BCUT2D eigenvalue weighted by atomic mass is 16.5. The third-order valence-corrected chi connectivity index (χ3v) is 6.50. The summed E-state index contributed by atoms with van der Waals surface area (Å²) in [4.78, 5) is 26.5. The van der Waals surface area contributed by atoms with Crippen LogP contribution in [0.2, 0.25) is 0 Å². The summed E-state index contributed by atoms with van der Waals surface area (Å²) in [6.07, 6.45) is 8.49. The Bertz CT molecular complexity index is 828. The van der Waals surface area contributed by atoms with E-state index >= 15 is 0 Å². The standard InChI is InChI=1S/C24H31NO3/c1-23(2)10-16-21(18(26)12-23)20(14-6-8-15(28-5)9-7-14)22-17(25-16)11-24(3,4)13-19(22)27/h6,8,20,25H,7,9-13H2,1-5H3. The molecule has 0 saturated heterocycles. The molecule has 0 bridgehead atoms. The molecule has 0 saturated carbocycles. The predicted molar refractivity (Wildman–Crippen MR) is 109 cm³/mol. The number of ether oxygens (including phenoxy) is 1. The average Bonchev–Trinajstić information content (AvgIpc) is 2.57. The molecule has 0 aromatic heterocycles. The normalized spacial score (nSPS) is 26.9. The number of methoxy groups -OCH3 is 1. The second-order valence-electron chi connectivity index (χ2n) is 10.3. The SMILES string of the molecule is COC1=CC=C(C2C3=C(CC(C)(C)CC3=O)NC3=C2C(=O)CC(C)(C)C3)CC1. The van der Waals surface area contributed by atoms with Gasteiger partial charge in [-0.3, -0.25) is 9.59 Å². The Balaban J connectivity index is 1.85. The van der Waals surface area contributed by atoms with E-state index in [0.29, 0.717) is 12.8 Å². The molecule has 0 atom stereocenters. The van der Waals surface area contributed by atoms with Gasteiger partial charge in [-0.2, -0.15) is 0 Å². The third kappa shape index (κ3) is 3.27. The molecule has 4 aliphatic rings. The van der Waals surface area contributed by atoms with Crippen molar-refractivity contribution in [2.24, 2.45) is 16.7 Å². The van der Waals surface area contributed by atoms with Crippen LogP contribution < -0.4 is 5.32 Å². The van der Waals surface area contributed by atoms with Crippen molar-refractivity contribution in [2.75, 3.05) is 7.11 Å². The molecule has 1 aliphatic heterocycles. The monoisotopic (exact) mass is 381 g/mol. The molecule has 4 heteroatoms. The summed E-state index contributed by atoms with van der Waals surface area (Å²) in [5.41, 5.74) is 4.82. The maximum absolute atomic E-state index is 13.2. The fourth-order valence-corrected chi connectivity index (χ4v) is 5.30. The van der Waals surface area contributed by atoms with Crippen LogP contribution in [-0.2, 0) is 14.3 Å². The summed E-state index contributed by atoms with van der Waals surface area (Å²) >= 11 is 0. The first-order valence-corrected chi connectivity index (χ1v) is 10.3. The van der Waals surface area contributed by atoms with Gasteiger partial charge in [0, 0.05) is 47.7 Å². The number of carbonyl (C=O) groups is 2. The van der Waals surface area contributed by atoms with Gasteiger partial charge in [0.15, 0.2) is 11.6 Å². The van der Waals surface area contributed by atoms with Crippen molar-refractivity contribution in [2.45, 2.75) is 66.2 Å². The van der Waals surface area contributed by atoms with Gasteiger partial charge in [-0.1, -0.05) is 39.3 Å². The lowest BCUT2D eigenvalue weighted by Gasteiger charge is -2.44. The molecule has 0 unspecified atom stereocenters. The number of nitrogens with one attached hydrogen (secondary N) is 1. The number of rotatable bonds is 2. The Morgan fingerprint density at radius 1 is 0.857 bits per heavy atom. The zero-order valence-corrected chi connectivity index (χ0v) is 17.7. The summed E-state index contributed by atoms with van der Waals surface area (Å²) in [5.74, 6) is 1.15. The number of allylic oxidation sites excluding steroid dienone is 8. The molecule has 4 nitrogen and oxygen atoms in total. The van der Waals surface area contributed by atoms with Crippen LogP contribution in [0.3, 0.4) is 0 Å². The first-order valence-electron chi connectivity index (χ1n) is 10.3. The van der Waals surface area contributed by atoms with Crippen molar-refractivity contribution in [1.29, 1.82) is 0 Å². The van der Waals surface area contributed by atoms with Crippen LogP contribution >= 0.6 is 0 Å². The van der Waals surface area contributed by atoms with Crippen LogP contribution in [0, 0.1) is 16.7 Å². The van der Waals surface area contributed by atoms with Gasteiger partial charge in [0.05, 0.1) is 12.9 Å². The second kappa shape index (κ2) is 6.47. The van der Waals surface area contributed by atoms with E-state index in [1.54, 1.807) is 7.11 Å². The fourth-order valence-electron chi connectivity index (χ4n) is 5.30. The Morgan fingerprint density at radius 2 is 1.39 bits per heavy atom. The van der Waals surface area contributed by atoms with E-state index in [4.69, 9.17) is 4.74 Å². The van der Waals surface area contributed by atoms with Crippen molar-refractivity contribution in [3.05, 3.63) is 46.0 Å². The van der Waals surface area contributed by atoms with E-state index in [1.807, 2.05) is 6.08 Å². The summed E-state index contributed by atoms with van der Waals surface area (Å²) in [6, 6.07) is 0. The van der Waals surface area contributed by atoms with Crippen molar-refractivity contribution in [1.82, 2.24) is 5.32 Å². The molecular formula is C24H31NO3. The summed E-state index contributed by atoms with van der Waals surface area (Å²) in [6.45, 7) is 8.61. The van der Waals surface area contributed by atoms with Gasteiger partial charge >= 0.3 is 0 Å². The highest BCUT2D eigenvalue weighted by Gasteiger charge is 2.46. The van der Waals surface area contributed by atoms with Crippen molar-refractivity contribution < 1.29 is 14.3 Å². The van der Waals surface area contributed by atoms with E-state index in [9.17, 15) is 9.59 Å². The smallest absolute Gasteiger partial charge is 0.162 e. The second-order valence-corrected chi connectivity index (χ2v) is 10.3. The van der Waals surface area contributed by atoms with Crippen LogP contribution in [-0.4, -0.2) is 18.7 Å². The van der Waals surface area contributed by atoms with Gasteiger partial charge in [-0.15, -0.1) is 0 Å². The minimum atomic E-state index is -0.187. The molecule has 0 aromatic carbocycles. The van der Waals surface area contributed by atoms with Gasteiger partial charge in [0.1, 0.15) is 0 Å². The number of dihydropyridines is 1. The molecule has 4 rings (SSSR count). The first-order chi connectivity index (χ1) is 13.1. The van der Waals surface area contributed by atoms with Gasteiger partial charge in [0.2, 0.25) is 0 Å². The predicted octanol–water partition coefficient (Wildman–Crippen LogP) is 4.74. The van der Waals surface area contributed by atoms with E-state index in [-0.39, 0.29) is 28.3 Å². The van der Waals surface area contributed by atoms with Gasteiger partial charge in [-0.05, 0) is 36.2 Å². The summed E-state index contributed by atoms with van der Waals surface area (Å²) in [7, 11) is 1.69. The minimum Gasteiger partial charge on any atom is -0.501 e. The molecule has 150 valence electrons. The molecule has 0 fully saturated rings. The topological polar surface area (TPSA) is 55.4 Å². The Morgan fingerprint density at radius 3 is 1.82 bits per heavy atom. The zero-order valence-electron chi connectivity index (χ0n) is 17.7. The third-order valence-electron chi connectivity index (χ3n) is 6.50. The zero-order chi connectivity index (χ0) is 20.3. The highest BCUT2D eigenvalue weighted by molar-refractivity contribution is 6.06. The number of hydrogen-bond acceptors (Lipinski definition) is 4.